The van der Waals surface area contributed by atoms with Gasteiger partial charge in [-0.25, -0.2) is 0 Å². The van der Waals surface area contributed by atoms with Crippen molar-refractivity contribution in [2.24, 2.45) is 0 Å². The highest BCUT2D eigenvalue weighted by Crippen LogP contribution is 2.17. The largest absolute Gasteiger partial charge is 0.259 e. The molecule has 15 heavy (non-hydrogen) atoms. The van der Waals surface area contributed by atoms with Crippen LogP contribution in [0.5, 0.6) is 0 Å². The number of thioether (sulfide) groups is 1. The number of nitro groups is 1. The van der Waals surface area contributed by atoms with Crippen LogP contribution >= 0.6 is 11.8 Å². The Labute approximate surface area is 93.3 Å². The summed E-state index contributed by atoms with van der Waals surface area (Å²) in [4.78, 5) is 11.4. The van der Waals surface area contributed by atoms with E-state index in [-0.39, 0.29) is 10.6 Å². The Hall–Kier alpha value is -1.29. The van der Waals surface area contributed by atoms with E-state index in [1.165, 1.54) is 0 Å². The number of hydrogen-bond acceptors (Lipinski definition) is 3. The summed E-state index contributed by atoms with van der Waals surface area (Å²) in [5.41, 5.74) is 1.12. The first-order valence-electron chi connectivity index (χ1n) is 4.66. The molecule has 3 nitrogen and oxygen atoms in total. The lowest BCUT2D eigenvalue weighted by Gasteiger charge is -1.98. The molecule has 0 fully saturated rings. The van der Waals surface area contributed by atoms with Crippen LogP contribution in [-0.4, -0.2) is 11.2 Å². The lowest BCUT2D eigenvalue weighted by atomic mass is 10.2. The molecule has 0 unspecified atom stereocenters. The minimum Gasteiger partial charge on any atom is -0.259 e. The maximum absolute atomic E-state index is 10.6. The van der Waals surface area contributed by atoms with Gasteiger partial charge in [-0.3, -0.25) is 10.1 Å². The Kier molecular flexibility index (Phi) is 4.37. The minimum atomic E-state index is -0.331. The van der Waals surface area contributed by atoms with E-state index >= 15 is 0 Å². The zero-order valence-corrected chi connectivity index (χ0v) is 9.58. The van der Waals surface area contributed by atoms with Crippen molar-refractivity contribution in [2.75, 3.05) is 6.26 Å². The van der Waals surface area contributed by atoms with Gasteiger partial charge in [0.1, 0.15) is 0 Å². The molecule has 0 saturated heterocycles. The van der Waals surface area contributed by atoms with Crippen LogP contribution in [0, 0.1) is 10.1 Å². The topological polar surface area (TPSA) is 43.1 Å². The summed E-state index contributed by atoms with van der Waals surface area (Å²) < 4.78 is 0. The molecule has 0 heterocycles. The number of nitrogens with zero attached hydrogens (tertiary/aromatic N) is 1. The van der Waals surface area contributed by atoms with Crippen molar-refractivity contribution in [1.29, 1.82) is 0 Å². The number of rotatable bonds is 4. The molecule has 0 atom stereocenters. The van der Waals surface area contributed by atoms with Crippen molar-refractivity contribution in [3.05, 3.63) is 45.6 Å². The highest BCUT2D eigenvalue weighted by molar-refractivity contribution is 7.98. The smallest absolute Gasteiger partial charge is 0.246 e. The predicted octanol–water partition coefficient (Wildman–Crippen LogP) is 3.44. The summed E-state index contributed by atoms with van der Waals surface area (Å²) in [6.45, 7) is 1.78. The summed E-state index contributed by atoms with van der Waals surface area (Å²) in [5, 5.41) is 10.6. The molecule has 0 aliphatic rings. The van der Waals surface area contributed by atoms with Crippen LogP contribution in [0.4, 0.5) is 0 Å². The highest BCUT2D eigenvalue weighted by Gasteiger charge is 2.06. The molecule has 1 aromatic carbocycles. The molecule has 0 bridgehead atoms. The number of hydrogen-bond donors (Lipinski definition) is 0. The van der Waals surface area contributed by atoms with Crippen molar-refractivity contribution < 1.29 is 4.92 Å². The highest BCUT2D eigenvalue weighted by atomic mass is 32.2. The van der Waals surface area contributed by atoms with Crippen molar-refractivity contribution in [3.8, 4) is 0 Å². The number of benzene rings is 1. The second kappa shape index (κ2) is 5.56. The molecule has 0 radical (unpaired) electrons. The molecule has 80 valence electrons. The average Bonchev–Trinajstić information content (AvgIpc) is 2.26. The molecule has 0 spiro atoms. The van der Waals surface area contributed by atoms with E-state index in [9.17, 15) is 10.1 Å². The average molecular weight is 223 g/mol. The summed E-state index contributed by atoms with van der Waals surface area (Å²) in [7, 11) is 0. The molecule has 4 heteroatoms. The van der Waals surface area contributed by atoms with E-state index in [1.807, 2.05) is 30.5 Å². The van der Waals surface area contributed by atoms with Gasteiger partial charge in [0.05, 0.1) is 4.92 Å². The second-order valence-corrected chi connectivity index (χ2v) is 3.90. The van der Waals surface area contributed by atoms with E-state index in [4.69, 9.17) is 0 Å². The van der Waals surface area contributed by atoms with Crippen LogP contribution in [0.2, 0.25) is 0 Å². The fourth-order valence-corrected chi connectivity index (χ4v) is 1.58. The summed E-state index contributed by atoms with van der Waals surface area (Å²) in [6.07, 6.45) is 4.06. The molecule has 0 saturated carbocycles. The van der Waals surface area contributed by atoms with Crippen LogP contribution in [0.3, 0.4) is 0 Å². The molecular formula is C11H13NO2S. The predicted molar refractivity (Wildman–Crippen MR) is 63.5 cm³/mol. The maximum atomic E-state index is 10.6. The first kappa shape index (κ1) is 11.8. The third-order valence-electron chi connectivity index (χ3n) is 2.05. The van der Waals surface area contributed by atoms with Gasteiger partial charge in [-0.05, 0) is 24.0 Å². The molecule has 0 amide bonds. The van der Waals surface area contributed by atoms with Crippen molar-refractivity contribution >= 4 is 17.8 Å². The van der Waals surface area contributed by atoms with E-state index < -0.39 is 0 Å². The van der Waals surface area contributed by atoms with Gasteiger partial charge in [-0.2, -0.15) is 0 Å². The first-order chi connectivity index (χ1) is 7.17. The lowest BCUT2D eigenvalue weighted by Crippen LogP contribution is -1.96. The van der Waals surface area contributed by atoms with Crippen LogP contribution < -0.4 is 0 Å². The number of allylic oxidation sites excluding steroid dienone is 1. The standard InChI is InChI=1S/C11H13NO2S/c1-3-10(12(13)14)8-9-4-6-11(15-2)7-5-9/h4-8H,3H2,1-2H3/b10-8+. The van der Waals surface area contributed by atoms with Gasteiger partial charge in [-0.1, -0.05) is 19.1 Å². The van der Waals surface area contributed by atoms with Crippen LogP contribution in [0.15, 0.2) is 34.9 Å². The summed E-state index contributed by atoms with van der Waals surface area (Å²) in [6, 6.07) is 7.71. The minimum absolute atomic E-state index is 0.243. The molecule has 0 aromatic heterocycles. The molecule has 0 aliphatic carbocycles. The van der Waals surface area contributed by atoms with Crippen molar-refractivity contribution in [3.63, 3.8) is 0 Å². The fraction of sp³-hybridized carbons (Fsp3) is 0.273. The molecule has 0 aliphatic heterocycles. The fourth-order valence-electron chi connectivity index (χ4n) is 1.18. The van der Waals surface area contributed by atoms with Gasteiger partial charge < -0.3 is 0 Å². The Morgan fingerprint density at radius 1 is 1.47 bits per heavy atom. The summed E-state index contributed by atoms with van der Waals surface area (Å²) in [5.74, 6) is 0. The van der Waals surface area contributed by atoms with E-state index in [1.54, 1.807) is 24.8 Å². The first-order valence-corrected chi connectivity index (χ1v) is 5.89. The molecule has 1 aromatic rings. The Balaban J connectivity index is 2.92. The zero-order valence-electron chi connectivity index (χ0n) is 8.77. The molecule has 1 rings (SSSR count). The van der Waals surface area contributed by atoms with Gasteiger partial charge in [0.15, 0.2) is 0 Å². The van der Waals surface area contributed by atoms with Gasteiger partial charge in [0, 0.05) is 17.4 Å². The third-order valence-corrected chi connectivity index (χ3v) is 2.79. The Morgan fingerprint density at radius 3 is 2.47 bits per heavy atom. The van der Waals surface area contributed by atoms with E-state index in [2.05, 4.69) is 0 Å². The van der Waals surface area contributed by atoms with Crippen LogP contribution in [-0.2, 0) is 0 Å². The zero-order chi connectivity index (χ0) is 11.3. The van der Waals surface area contributed by atoms with Crippen LogP contribution in [0.25, 0.3) is 6.08 Å². The third kappa shape index (κ3) is 3.40. The SMILES string of the molecule is CC/C(=C\c1ccc(SC)cc1)[N+](=O)[O-]. The maximum Gasteiger partial charge on any atom is 0.246 e. The Bertz CT molecular complexity index is 371. The summed E-state index contributed by atoms with van der Waals surface area (Å²) >= 11 is 1.65. The van der Waals surface area contributed by atoms with E-state index in [0.717, 1.165) is 10.5 Å². The van der Waals surface area contributed by atoms with Gasteiger partial charge in [-0.15, -0.1) is 11.8 Å². The van der Waals surface area contributed by atoms with Gasteiger partial charge >= 0.3 is 0 Å². The van der Waals surface area contributed by atoms with Crippen molar-refractivity contribution in [1.82, 2.24) is 0 Å². The van der Waals surface area contributed by atoms with Crippen LogP contribution in [0.1, 0.15) is 18.9 Å². The molecule has 0 N–H and O–H groups in total. The Morgan fingerprint density at radius 2 is 2.07 bits per heavy atom. The van der Waals surface area contributed by atoms with Crippen molar-refractivity contribution in [2.45, 2.75) is 18.2 Å². The van der Waals surface area contributed by atoms with Gasteiger partial charge in [0.25, 0.3) is 0 Å². The monoisotopic (exact) mass is 223 g/mol. The van der Waals surface area contributed by atoms with Gasteiger partial charge in [0.2, 0.25) is 5.70 Å². The molecular weight excluding hydrogens is 210 g/mol. The lowest BCUT2D eigenvalue weighted by molar-refractivity contribution is -0.425. The quantitative estimate of drug-likeness (QED) is 0.446. The normalized spacial score (nSPS) is 11.5. The van der Waals surface area contributed by atoms with E-state index in [0.29, 0.717) is 6.42 Å². The second-order valence-electron chi connectivity index (χ2n) is 3.02.